The van der Waals surface area contributed by atoms with Gasteiger partial charge in [-0.25, -0.2) is 13.4 Å². The van der Waals surface area contributed by atoms with Gasteiger partial charge in [0.25, 0.3) is 0 Å². The molecule has 0 atom stereocenters. The van der Waals surface area contributed by atoms with E-state index in [1.807, 2.05) is 54.6 Å². The Morgan fingerprint density at radius 2 is 1.52 bits per heavy atom. The van der Waals surface area contributed by atoms with Gasteiger partial charge in [-0.15, -0.1) is 0 Å². The Bertz CT molecular complexity index is 1380. The van der Waals surface area contributed by atoms with Crippen LogP contribution in [0.15, 0.2) is 66.7 Å². The molecular weight excluding hydrogens is 412 g/mol. The van der Waals surface area contributed by atoms with E-state index < -0.39 is 10.0 Å². The molecule has 1 amide bonds. The van der Waals surface area contributed by atoms with Crippen LogP contribution in [0, 0.1) is 0 Å². The molecule has 0 unspecified atom stereocenters. The normalized spacial score (nSPS) is 11.4. The van der Waals surface area contributed by atoms with Gasteiger partial charge in [-0.1, -0.05) is 25.1 Å². The molecule has 0 saturated heterocycles. The van der Waals surface area contributed by atoms with E-state index in [4.69, 9.17) is 4.98 Å². The summed E-state index contributed by atoms with van der Waals surface area (Å²) >= 11 is 0. The van der Waals surface area contributed by atoms with E-state index in [-0.39, 0.29) is 5.91 Å². The molecule has 3 N–H and O–H groups in total. The summed E-state index contributed by atoms with van der Waals surface area (Å²) in [6, 6.07) is 20.5. The SMILES string of the molecule is CCC(=O)Nc1ccc2c(Nc3ccc(NS(C)(=O)=O)cc3)c3ccccc3nc2c1. The van der Waals surface area contributed by atoms with Gasteiger partial charge in [0, 0.05) is 34.3 Å². The van der Waals surface area contributed by atoms with E-state index in [0.29, 0.717) is 17.8 Å². The topological polar surface area (TPSA) is 100 Å². The third-order valence-electron chi connectivity index (χ3n) is 4.74. The summed E-state index contributed by atoms with van der Waals surface area (Å²) in [4.78, 5) is 16.5. The van der Waals surface area contributed by atoms with Crippen molar-refractivity contribution in [3.05, 3.63) is 66.7 Å². The Morgan fingerprint density at radius 1 is 0.871 bits per heavy atom. The van der Waals surface area contributed by atoms with E-state index in [9.17, 15) is 13.2 Å². The molecule has 0 radical (unpaired) electrons. The number of carbonyl (C=O) groups excluding carboxylic acids is 1. The third-order valence-corrected chi connectivity index (χ3v) is 5.35. The predicted molar refractivity (Wildman–Crippen MR) is 126 cm³/mol. The van der Waals surface area contributed by atoms with Gasteiger partial charge in [0.1, 0.15) is 0 Å². The van der Waals surface area contributed by atoms with Crippen molar-refractivity contribution in [2.24, 2.45) is 0 Å². The largest absolute Gasteiger partial charge is 0.354 e. The molecule has 4 aromatic rings. The maximum Gasteiger partial charge on any atom is 0.229 e. The van der Waals surface area contributed by atoms with Crippen LogP contribution in [0.2, 0.25) is 0 Å². The lowest BCUT2D eigenvalue weighted by Crippen LogP contribution is -2.09. The maximum atomic E-state index is 11.8. The van der Waals surface area contributed by atoms with Crippen LogP contribution < -0.4 is 15.4 Å². The lowest BCUT2D eigenvalue weighted by Gasteiger charge is -2.15. The summed E-state index contributed by atoms with van der Waals surface area (Å²) < 4.78 is 25.3. The van der Waals surface area contributed by atoms with E-state index in [2.05, 4.69) is 15.4 Å². The fraction of sp³-hybridized carbons (Fsp3) is 0.130. The zero-order valence-corrected chi connectivity index (χ0v) is 18.0. The van der Waals surface area contributed by atoms with Gasteiger partial charge in [0.15, 0.2) is 0 Å². The molecular formula is C23H22N4O3S. The van der Waals surface area contributed by atoms with Crippen molar-refractivity contribution < 1.29 is 13.2 Å². The van der Waals surface area contributed by atoms with Crippen LogP contribution in [0.3, 0.4) is 0 Å². The van der Waals surface area contributed by atoms with Gasteiger partial charge in [-0.3, -0.25) is 9.52 Å². The zero-order valence-electron chi connectivity index (χ0n) is 17.1. The van der Waals surface area contributed by atoms with Crippen LogP contribution in [0.4, 0.5) is 22.7 Å². The van der Waals surface area contributed by atoms with Crippen LogP contribution in [-0.2, 0) is 14.8 Å². The Kier molecular flexibility index (Phi) is 5.48. The molecule has 0 bridgehead atoms. The number of amides is 1. The molecule has 1 aromatic heterocycles. The number of nitrogens with zero attached hydrogens (tertiary/aromatic N) is 1. The monoisotopic (exact) mass is 434 g/mol. The highest BCUT2D eigenvalue weighted by atomic mass is 32.2. The average Bonchev–Trinajstić information content (AvgIpc) is 2.73. The molecule has 7 nitrogen and oxygen atoms in total. The first-order valence-electron chi connectivity index (χ1n) is 9.79. The van der Waals surface area contributed by atoms with Crippen LogP contribution in [0.25, 0.3) is 21.8 Å². The maximum absolute atomic E-state index is 11.8. The predicted octanol–water partition coefficient (Wildman–Crippen LogP) is 4.85. The second kappa shape index (κ2) is 8.23. The van der Waals surface area contributed by atoms with E-state index >= 15 is 0 Å². The molecule has 0 aliphatic carbocycles. The number of benzene rings is 3. The van der Waals surface area contributed by atoms with Gasteiger partial charge in [0.05, 0.1) is 23.0 Å². The van der Waals surface area contributed by atoms with Crippen LogP contribution >= 0.6 is 0 Å². The number of aromatic nitrogens is 1. The molecule has 0 spiro atoms. The summed E-state index contributed by atoms with van der Waals surface area (Å²) in [5, 5.41) is 8.18. The zero-order chi connectivity index (χ0) is 22.0. The van der Waals surface area contributed by atoms with Crippen molar-refractivity contribution in [2.45, 2.75) is 13.3 Å². The number of nitrogens with one attached hydrogen (secondary N) is 3. The Balaban J connectivity index is 1.76. The number of hydrogen-bond donors (Lipinski definition) is 3. The Morgan fingerprint density at radius 3 is 2.23 bits per heavy atom. The number of hydrogen-bond acceptors (Lipinski definition) is 5. The van der Waals surface area contributed by atoms with Crippen LogP contribution in [0.1, 0.15) is 13.3 Å². The van der Waals surface area contributed by atoms with Gasteiger partial charge < -0.3 is 10.6 Å². The molecule has 0 aliphatic heterocycles. The van der Waals surface area contributed by atoms with Crippen molar-refractivity contribution in [3.63, 3.8) is 0 Å². The molecule has 0 saturated carbocycles. The first kappa shape index (κ1) is 20.6. The average molecular weight is 435 g/mol. The van der Waals surface area contributed by atoms with Crippen molar-refractivity contribution in [1.82, 2.24) is 4.98 Å². The number of rotatable bonds is 6. The van der Waals surface area contributed by atoms with Crippen molar-refractivity contribution in [3.8, 4) is 0 Å². The molecule has 0 fully saturated rings. The fourth-order valence-electron chi connectivity index (χ4n) is 3.33. The second-order valence-electron chi connectivity index (χ2n) is 7.21. The first-order valence-corrected chi connectivity index (χ1v) is 11.7. The summed E-state index contributed by atoms with van der Waals surface area (Å²) in [7, 11) is -3.33. The van der Waals surface area contributed by atoms with E-state index in [1.54, 1.807) is 19.1 Å². The highest BCUT2D eigenvalue weighted by Gasteiger charge is 2.11. The highest BCUT2D eigenvalue weighted by molar-refractivity contribution is 7.92. The van der Waals surface area contributed by atoms with Gasteiger partial charge in [-0.05, 0) is 48.5 Å². The quantitative estimate of drug-likeness (QED) is 0.377. The lowest BCUT2D eigenvalue weighted by molar-refractivity contribution is -0.115. The van der Waals surface area contributed by atoms with Crippen LogP contribution in [-0.4, -0.2) is 25.6 Å². The number of pyridine rings is 1. The second-order valence-corrected chi connectivity index (χ2v) is 8.96. The molecule has 1 heterocycles. The number of para-hydroxylation sites is 1. The molecule has 158 valence electrons. The van der Waals surface area contributed by atoms with Crippen molar-refractivity contribution in [1.29, 1.82) is 0 Å². The number of fused-ring (bicyclic) bond motifs is 2. The van der Waals surface area contributed by atoms with Gasteiger partial charge in [-0.2, -0.15) is 0 Å². The minimum Gasteiger partial charge on any atom is -0.354 e. The van der Waals surface area contributed by atoms with Gasteiger partial charge >= 0.3 is 0 Å². The number of sulfonamides is 1. The Hall–Kier alpha value is -3.65. The standard InChI is InChI=1S/C23H22N4O3S/c1-3-22(28)24-17-12-13-19-21(14-17)26-20-7-5-4-6-18(20)23(19)25-15-8-10-16(11-9-15)27-31(2,29)30/h4-14,27H,3H2,1-2H3,(H,24,28)(H,25,26). The fourth-order valence-corrected chi connectivity index (χ4v) is 3.90. The minimum atomic E-state index is -3.33. The Labute approximate surface area is 180 Å². The third kappa shape index (κ3) is 4.75. The molecule has 3 aromatic carbocycles. The highest BCUT2D eigenvalue weighted by Crippen LogP contribution is 2.34. The van der Waals surface area contributed by atoms with Crippen molar-refractivity contribution >= 4 is 60.5 Å². The smallest absolute Gasteiger partial charge is 0.229 e. The van der Waals surface area contributed by atoms with Crippen LogP contribution in [0.5, 0.6) is 0 Å². The number of carbonyl (C=O) groups is 1. The molecule has 31 heavy (non-hydrogen) atoms. The molecule has 8 heteroatoms. The van der Waals surface area contributed by atoms with E-state index in [1.165, 1.54) is 0 Å². The summed E-state index contributed by atoms with van der Waals surface area (Å²) in [5.41, 5.74) is 4.47. The minimum absolute atomic E-state index is 0.0544. The van der Waals surface area contributed by atoms with Crippen molar-refractivity contribution in [2.75, 3.05) is 21.6 Å². The summed E-state index contributed by atoms with van der Waals surface area (Å²) in [6.45, 7) is 1.81. The van der Waals surface area contributed by atoms with Gasteiger partial charge in [0.2, 0.25) is 15.9 Å². The first-order chi connectivity index (χ1) is 14.8. The number of anilines is 4. The molecule has 0 aliphatic rings. The summed E-state index contributed by atoms with van der Waals surface area (Å²) in [5.74, 6) is -0.0544. The molecule has 4 rings (SSSR count). The lowest BCUT2D eigenvalue weighted by atomic mass is 10.1. The summed E-state index contributed by atoms with van der Waals surface area (Å²) in [6.07, 6.45) is 1.52. The van der Waals surface area contributed by atoms with E-state index in [0.717, 1.165) is 39.4 Å².